The number of carbonyl (C=O) groups is 3. The van der Waals surface area contributed by atoms with Crippen LogP contribution in [0.3, 0.4) is 0 Å². The maximum atomic E-state index is 12.2. The summed E-state index contributed by atoms with van der Waals surface area (Å²) >= 11 is 6.14. The van der Waals surface area contributed by atoms with Gasteiger partial charge in [-0.25, -0.2) is 0 Å². The van der Waals surface area contributed by atoms with E-state index in [1.54, 1.807) is 30.3 Å². The van der Waals surface area contributed by atoms with Crippen LogP contribution < -0.4 is 10.1 Å². The standard InChI is InChI=1S/C22H24ClNO5/c1-4-28-17-7-5-16(6-8-17)19(25)9-10-21(27)29-13-20(26)24-22-15(3)11-14(2)12-18(22)23/h5-8,11-12H,4,9-10,13H2,1-3H3,(H,24,26). The van der Waals surface area contributed by atoms with Gasteiger partial charge in [-0.3, -0.25) is 14.4 Å². The summed E-state index contributed by atoms with van der Waals surface area (Å²) in [6.45, 7) is 5.71. The van der Waals surface area contributed by atoms with E-state index in [4.69, 9.17) is 21.1 Å². The minimum absolute atomic E-state index is 0.00265. The largest absolute Gasteiger partial charge is 0.494 e. The molecule has 0 aromatic heterocycles. The number of esters is 1. The molecule has 2 rings (SSSR count). The molecular formula is C22H24ClNO5. The number of anilines is 1. The first-order chi connectivity index (χ1) is 13.8. The number of carbonyl (C=O) groups excluding carboxylic acids is 3. The Morgan fingerprint density at radius 3 is 2.34 bits per heavy atom. The van der Waals surface area contributed by atoms with Crippen molar-refractivity contribution in [1.29, 1.82) is 0 Å². The van der Waals surface area contributed by atoms with Crippen LogP contribution in [0.5, 0.6) is 5.75 Å². The predicted octanol–water partition coefficient (Wildman–Crippen LogP) is 4.50. The lowest BCUT2D eigenvalue weighted by molar-refractivity contribution is -0.147. The molecule has 0 heterocycles. The number of hydrogen-bond acceptors (Lipinski definition) is 5. The lowest BCUT2D eigenvalue weighted by Gasteiger charge is -2.11. The van der Waals surface area contributed by atoms with E-state index in [2.05, 4.69) is 5.32 Å². The summed E-state index contributed by atoms with van der Waals surface area (Å²) in [5.74, 6) is -0.619. The first-order valence-electron chi connectivity index (χ1n) is 9.28. The molecule has 0 radical (unpaired) electrons. The average Bonchev–Trinajstić information content (AvgIpc) is 2.68. The molecule has 1 amide bonds. The van der Waals surface area contributed by atoms with Gasteiger partial charge < -0.3 is 14.8 Å². The van der Waals surface area contributed by atoms with E-state index < -0.39 is 18.5 Å². The molecule has 2 aromatic carbocycles. The molecule has 0 saturated heterocycles. The van der Waals surface area contributed by atoms with Crippen molar-refractivity contribution in [2.24, 2.45) is 0 Å². The van der Waals surface area contributed by atoms with E-state index in [0.717, 1.165) is 11.1 Å². The SMILES string of the molecule is CCOc1ccc(C(=O)CCC(=O)OCC(=O)Nc2c(C)cc(C)cc2Cl)cc1. The zero-order valence-corrected chi connectivity index (χ0v) is 17.5. The van der Waals surface area contributed by atoms with E-state index in [-0.39, 0.29) is 18.6 Å². The summed E-state index contributed by atoms with van der Waals surface area (Å²) in [7, 11) is 0. The number of aryl methyl sites for hydroxylation is 2. The molecule has 0 saturated carbocycles. The van der Waals surface area contributed by atoms with Crippen molar-refractivity contribution in [1.82, 2.24) is 0 Å². The Hall–Kier alpha value is -2.86. The summed E-state index contributed by atoms with van der Waals surface area (Å²) < 4.78 is 10.3. The molecule has 0 spiro atoms. The summed E-state index contributed by atoms with van der Waals surface area (Å²) in [6, 6.07) is 10.3. The zero-order chi connectivity index (χ0) is 21.4. The van der Waals surface area contributed by atoms with Gasteiger partial charge >= 0.3 is 5.97 Å². The molecule has 0 atom stereocenters. The van der Waals surface area contributed by atoms with Crippen molar-refractivity contribution < 1.29 is 23.9 Å². The van der Waals surface area contributed by atoms with Crippen LogP contribution in [-0.2, 0) is 14.3 Å². The van der Waals surface area contributed by atoms with Gasteiger partial charge in [0.1, 0.15) is 5.75 Å². The van der Waals surface area contributed by atoms with Gasteiger partial charge in [0.15, 0.2) is 12.4 Å². The van der Waals surface area contributed by atoms with Gasteiger partial charge in [-0.15, -0.1) is 0 Å². The molecule has 0 bridgehead atoms. The maximum absolute atomic E-state index is 12.2. The number of halogens is 1. The first kappa shape index (κ1) is 22.4. The zero-order valence-electron chi connectivity index (χ0n) is 16.7. The average molecular weight is 418 g/mol. The summed E-state index contributed by atoms with van der Waals surface area (Å²) in [6.07, 6.45) is -0.110. The predicted molar refractivity (Wildman–Crippen MR) is 112 cm³/mol. The quantitative estimate of drug-likeness (QED) is 0.479. The normalized spacial score (nSPS) is 10.3. The second kappa shape index (κ2) is 10.6. The van der Waals surface area contributed by atoms with Gasteiger partial charge in [-0.1, -0.05) is 17.7 Å². The van der Waals surface area contributed by atoms with Crippen LogP contribution in [0.1, 0.15) is 41.3 Å². The molecule has 154 valence electrons. The second-order valence-corrected chi connectivity index (χ2v) is 6.94. The fourth-order valence-electron chi connectivity index (χ4n) is 2.73. The number of ketones is 1. The third-order valence-corrected chi connectivity index (χ3v) is 4.40. The lowest BCUT2D eigenvalue weighted by Crippen LogP contribution is -2.21. The van der Waals surface area contributed by atoms with Crippen molar-refractivity contribution >= 4 is 34.9 Å². The van der Waals surface area contributed by atoms with Crippen LogP contribution in [0.2, 0.25) is 5.02 Å². The number of ether oxygens (including phenoxy) is 2. The van der Waals surface area contributed by atoms with Gasteiger partial charge in [-0.05, 0) is 62.2 Å². The van der Waals surface area contributed by atoms with Crippen molar-refractivity contribution in [2.75, 3.05) is 18.5 Å². The number of amides is 1. The highest BCUT2D eigenvalue weighted by Crippen LogP contribution is 2.27. The number of hydrogen-bond donors (Lipinski definition) is 1. The minimum atomic E-state index is -0.619. The smallest absolute Gasteiger partial charge is 0.306 e. The van der Waals surface area contributed by atoms with Gasteiger partial charge in [0, 0.05) is 12.0 Å². The Morgan fingerprint density at radius 1 is 1.03 bits per heavy atom. The van der Waals surface area contributed by atoms with E-state index in [1.165, 1.54) is 0 Å². The Labute approximate surface area is 175 Å². The lowest BCUT2D eigenvalue weighted by atomic mass is 10.1. The van der Waals surface area contributed by atoms with Crippen molar-refractivity contribution in [2.45, 2.75) is 33.6 Å². The Balaban J connectivity index is 1.78. The second-order valence-electron chi connectivity index (χ2n) is 6.53. The van der Waals surface area contributed by atoms with E-state index in [0.29, 0.717) is 28.6 Å². The van der Waals surface area contributed by atoms with Gasteiger partial charge in [-0.2, -0.15) is 0 Å². The highest BCUT2D eigenvalue weighted by atomic mass is 35.5. The third kappa shape index (κ3) is 6.91. The molecular weight excluding hydrogens is 394 g/mol. The molecule has 7 heteroatoms. The Bertz CT molecular complexity index is 870. The molecule has 0 aliphatic heterocycles. The number of benzene rings is 2. The summed E-state index contributed by atoms with van der Waals surface area (Å²) in [5.41, 5.74) is 2.78. The molecule has 6 nitrogen and oxygen atoms in total. The third-order valence-electron chi connectivity index (χ3n) is 4.10. The molecule has 0 aliphatic carbocycles. The van der Waals surface area contributed by atoms with Crippen LogP contribution in [0, 0.1) is 13.8 Å². The van der Waals surface area contributed by atoms with Gasteiger partial charge in [0.2, 0.25) is 0 Å². The van der Waals surface area contributed by atoms with E-state index in [9.17, 15) is 14.4 Å². The highest BCUT2D eigenvalue weighted by molar-refractivity contribution is 6.34. The number of Topliss-reactive ketones (excluding diaryl/α,β-unsaturated/α-hetero) is 1. The Morgan fingerprint density at radius 2 is 1.72 bits per heavy atom. The van der Waals surface area contributed by atoms with Crippen LogP contribution in [0.15, 0.2) is 36.4 Å². The summed E-state index contributed by atoms with van der Waals surface area (Å²) in [4.78, 5) is 36.0. The molecule has 1 N–H and O–H groups in total. The maximum Gasteiger partial charge on any atom is 0.306 e. The van der Waals surface area contributed by atoms with Crippen LogP contribution in [-0.4, -0.2) is 30.9 Å². The molecule has 0 aliphatic rings. The van der Waals surface area contributed by atoms with Crippen LogP contribution in [0.25, 0.3) is 0 Å². The fraction of sp³-hybridized carbons (Fsp3) is 0.318. The van der Waals surface area contributed by atoms with Crippen molar-refractivity contribution in [3.8, 4) is 5.75 Å². The van der Waals surface area contributed by atoms with Crippen LogP contribution in [0.4, 0.5) is 5.69 Å². The fourth-order valence-corrected chi connectivity index (χ4v) is 3.10. The first-order valence-corrected chi connectivity index (χ1v) is 9.66. The van der Waals surface area contributed by atoms with Crippen molar-refractivity contribution in [3.05, 3.63) is 58.1 Å². The molecule has 0 unspecified atom stereocenters. The van der Waals surface area contributed by atoms with E-state index >= 15 is 0 Å². The van der Waals surface area contributed by atoms with Crippen molar-refractivity contribution in [3.63, 3.8) is 0 Å². The molecule has 2 aromatic rings. The highest BCUT2D eigenvalue weighted by Gasteiger charge is 2.14. The van der Waals surface area contributed by atoms with E-state index in [1.807, 2.05) is 26.8 Å². The number of rotatable bonds is 9. The monoisotopic (exact) mass is 417 g/mol. The summed E-state index contributed by atoms with van der Waals surface area (Å²) in [5, 5.41) is 3.06. The molecule has 29 heavy (non-hydrogen) atoms. The Kier molecular flexibility index (Phi) is 8.21. The minimum Gasteiger partial charge on any atom is -0.494 e. The topological polar surface area (TPSA) is 81.7 Å². The van der Waals surface area contributed by atoms with Crippen LogP contribution >= 0.6 is 11.6 Å². The molecule has 0 fully saturated rings. The van der Waals surface area contributed by atoms with Gasteiger partial charge in [0.05, 0.1) is 23.7 Å². The van der Waals surface area contributed by atoms with Gasteiger partial charge in [0.25, 0.3) is 5.91 Å². The number of nitrogens with one attached hydrogen (secondary N) is 1.